The van der Waals surface area contributed by atoms with Gasteiger partial charge in [0.15, 0.2) is 5.11 Å². The number of rotatable bonds is 4. The van der Waals surface area contributed by atoms with Gasteiger partial charge in [0.25, 0.3) is 0 Å². The number of thiocarbonyl (C=S) groups is 1. The molecule has 0 unspecified atom stereocenters. The lowest BCUT2D eigenvalue weighted by molar-refractivity contribution is 0.549. The molecule has 1 aliphatic rings. The van der Waals surface area contributed by atoms with Gasteiger partial charge in [-0.15, -0.1) is 0 Å². The highest BCUT2D eigenvalue weighted by atomic mass is 32.1. The van der Waals surface area contributed by atoms with Crippen molar-refractivity contribution in [1.82, 2.24) is 19.9 Å². The lowest BCUT2D eigenvalue weighted by atomic mass is 10.0. The standard InChI is InChI=1S/C23H19N5S/c29-23-26-21(19-9-4-5-13-25-19)22(28(23)18-7-2-1-3-8-18)20-10-6-16-27(20)17-11-14-24-15-12-17/h1-16,21-22H,(H,26,29)/t21-,22+/m0/s1. The molecule has 4 aromatic rings. The zero-order valence-electron chi connectivity index (χ0n) is 15.6. The Hall–Kier alpha value is -3.51. The molecule has 2 atom stereocenters. The zero-order valence-corrected chi connectivity index (χ0v) is 16.4. The van der Waals surface area contributed by atoms with Gasteiger partial charge in [0, 0.05) is 41.9 Å². The fourth-order valence-electron chi connectivity index (χ4n) is 3.90. The van der Waals surface area contributed by atoms with Crippen LogP contribution in [-0.2, 0) is 0 Å². The highest BCUT2D eigenvalue weighted by molar-refractivity contribution is 7.80. The number of aromatic nitrogens is 3. The summed E-state index contributed by atoms with van der Waals surface area (Å²) in [6.07, 6.45) is 7.51. The van der Waals surface area contributed by atoms with E-state index >= 15 is 0 Å². The lowest BCUT2D eigenvalue weighted by Crippen LogP contribution is -2.30. The second kappa shape index (κ2) is 7.48. The van der Waals surface area contributed by atoms with Crippen molar-refractivity contribution in [2.75, 3.05) is 4.90 Å². The summed E-state index contributed by atoms with van der Waals surface area (Å²) >= 11 is 5.78. The minimum Gasteiger partial charge on any atom is -0.351 e. The number of anilines is 1. The van der Waals surface area contributed by atoms with Crippen LogP contribution in [0.4, 0.5) is 5.69 Å². The van der Waals surface area contributed by atoms with Crippen LogP contribution in [0.3, 0.4) is 0 Å². The molecular weight excluding hydrogens is 378 g/mol. The van der Waals surface area contributed by atoms with Gasteiger partial charge in [-0.2, -0.15) is 0 Å². The third kappa shape index (κ3) is 3.17. The van der Waals surface area contributed by atoms with Crippen molar-refractivity contribution in [3.05, 3.63) is 109 Å². The van der Waals surface area contributed by atoms with Crippen LogP contribution in [0.25, 0.3) is 5.69 Å². The first-order chi connectivity index (χ1) is 14.3. The first-order valence-electron chi connectivity index (χ1n) is 9.46. The van der Waals surface area contributed by atoms with Crippen LogP contribution in [0.1, 0.15) is 23.5 Å². The molecule has 0 aliphatic carbocycles. The molecule has 3 aromatic heterocycles. The maximum atomic E-state index is 5.78. The SMILES string of the molecule is S=C1N[C@@H](c2ccccn2)[C@@H](c2cccn2-c2ccncc2)N1c1ccccc1. The maximum Gasteiger partial charge on any atom is 0.174 e. The normalized spacial score (nSPS) is 18.6. The van der Waals surface area contributed by atoms with Gasteiger partial charge in [-0.05, 0) is 60.7 Å². The second-order valence-corrected chi connectivity index (χ2v) is 7.23. The molecule has 0 spiro atoms. The molecule has 1 saturated heterocycles. The Morgan fingerprint density at radius 2 is 1.59 bits per heavy atom. The summed E-state index contributed by atoms with van der Waals surface area (Å²) in [7, 11) is 0. The predicted octanol–water partition coefficient (Wildman–Crippen LogP) is 4.44. The largest absolute Gasteiger partial charge is 0.351 e. The van der Waals surface area contributed by atoms with Crippen molar-refractivity contribution in [1.29, 1.82) is 0 Å². The molecular formula is C23H19N5S. The van der Waals surface area contributed by atoms with Crippen LogP contribution in [0, 0.1) is 0 Å². The summed E-state index contributed by atoms with van der Waals surface area (Å²) in [6, 6.07) is 24.3. The molecule has 0 saturated carbocycles. The first-order valence-corrected chi connectivity index (χ1v) is 9.87. The predicted molar refractivity (Wildman–Crippen MR) is 118 cm³/mol. The minimum absolute atomic E-state index is 0.0528. The Balaban J connectivity index is 1.67. The molecule has 1 fully saturated rings. The Bertz CT molecular complexity index is 1110. The van der Waals surface area contributed by atoms with Gasteiger partial charge < -0.3 is 14.8 Å². The van der Waals surface area contributed by atoms with Crippen molar-refractivity contribution in [2.24, 2.45) is 0 Å². The first kappa shape index (κ1) is 17.6. The van der Waals surface area contributed by atoms with E-state index in [1.165, 1.54) is 0 Å². The van der Waals surface area contributed by atoms with Crippen LogP contribution in [0.2, 0.25) is 0 Å². The molecule has 0 amide bonds. The number of hydrogen-bond donors (Lipinski definition) is 1. The number of nitrogens with zero attached hydrogens (tertiary/aromatic N) is 4. The fraction of sp³-hybridized carbons (Fsp3) is 0.0870. The fourth-order valence-corrected chi connectivity index (χ4v) is 4.24. The monoisotopic (exact) mass is 397 g/mol. The molecule has 1 aromatic carbocycles. The van der Waals surface area contributed by atoms with E-state index in [9.17, 15) is 0 Å². The van der Waals surface area contributed by atoms with E-state index in [0.29, 0.717) is 5.11 Å². The average molecular weight is 398 g/mol. The Morgan fingerprint density at radius 3 is 2.34 bits per heavy atom. The smallest absolute Gasteiger partial charge is 0.174 e. The minimum atomic E-state index is -0.0700. The summed E-state index contributed by atoms with van der Waals surface area (Å²) in [5, 5.41) is 4.20. The molecule has 5 rings (SSSR count). The van der Waals surface area contributed by atoms with E-state index < -0.39 is 0 Å². The molecule has 0 radical (unpaired) electrons. The highest BCUT2D eigenvalue weighted by Gasteiger charge is 2.42. The second-order valence-electron chi connectivity index (χ2n) is 6.84. The van der Waals surface area contributed by atoms with Gasteiger partial charge in [-0.25, -0.2) is 0 Å². The van der Waals surface area contributed by atoms with Gasteiger partial charge in [0.05, 0.1) is 11.7 Å². The summed E-state index contributed by atoms with van der Waals surface area (Å²) < 4.78 is 2.19. The van der Waals surface area contributed by atoms with Crippen molar-refractivity contribution < 1.29 is 0 Å². The molecule has 142 valence electrons. The molecule has 0 bridgehead atoms. The number of pyridine rings is 2. The number of hydrogen-bond acceptors (Lipinski definition) is 3. The third-order valence-corrected chi connectivity index (χ3v) is 5.47. The van der Waals surface area contributed by atoms with E-state index in [2.05, 4.69) is 55.2 Å². The van der Waals surface area contributed by atoms with Gasteiger partial charge in [-0.1, -0.05) is 24.3 Å². The molecule has 1 N–H and O–H groups in total. The van der Waals surface area contributed by atoms with Crippen LogP contribution in [0.5, 0.6) is 0 Å². The topological polar surface area (TPSA) is 46.0 Å². The van der Waals surface area contributed by atoms with Crippen molar-refractivity contribution in [3.8, 4) is 5.69 Å². The van der Waals surface area contributed by atoms with E-state index in [1.807, 2.05) is 67.1 Å². The van der Waals surface area contributed by atoms with Gasteiger partial charge >= 0.3 is 0 Å². The number of para-hydroxylation sites is 1. The molecule has 5 nitrogen and oxygen atoms in total. The van der Waals surface area contributed by atoms with E-state index in [4.69, 9.17) is 12.2 Å². The maximum absolute atomic E-state index is 5.78. The summed E-state index contributed by atoms with van der Waals surface area (Å²) in [5.41, 5.74) is 4.20. The van der Waals surface area contributed by atoms with Crippen LogP contribution < -0.4 is 10.2 Å². The van der Waals surface area contributed by atoms with E-state index in [1.54, 1.807) is 0 Å². The van der Waals surface area contributed by atoms with Crippen molar-refractivity contribution in [3.63, 3.8) is 0 Å². The van der Waals surface area contributed by atoms with Crippen LogP contribution in [-0.4, -0.2) is 19.6 Å². The van der Waals surface area contributed by atoms with Gasteiger partial charge in [-0.3, -0.25) is 9.97 Å². The van der Waals surface area contributed by atoms with Gasteiger partial charge in [0.1, 0.15) is 6.04 Å². The van der Waals surface area contributed by atoms with Crippen molar-refractivity contribution in [2.45, 2.75) is 12.1 Å². The molecule has 1 aliphatic heterocycles. The summed E-state index contributed by atoms with van der Waals surface area (Å²) in [6.45, 7) is 0. The highest BCUT2D eigenvalue weighted by Crippen LogP contribution is 2.42. The Morgan fingerprint density at radius 1 is 0.793 bits per heavy atom. The summed E-state index contributed by atoms with van der Waals surface area (Å²) in [4.78, 5) is 11.0. The Labute approximate surface area is 174 Å². The summed E-state index contributed by atoms with van der Waals surface area (Å²) in [5.74, 6) is 0. The number of benzene rings is 1. The third-order valence-electron chi connectivity index (χ3n) is 5.16. The quantitative estimate of drug-likeness (QED) is 0.516. The molecule has 4 heterocycles. The van der Waals surface area contributed by atoms with Crippen LogP contribution in [0.15, 0.2) is 97.6 Å². The average Bonchev–Trinajstić information content (AvgIpc) is 3.40. The van der Waals surface area contributed by atoms with Gasteiger partial charge in [0.2, 0.25) is 0 Å². The zero-order chi connectivity index (χ0) is 19.6. The molecule has 6 heteroatoms. The molecule has 29 heavy (non-hydrogen) atoms. The van der Waals surface area contributed by atoms with Crippen LogP contribution >= 0.6 is 12.2 Å². The van der Waals surface area contributed by atoms with E-state index in [-0.39, 0.29) is 12.1 Å². The van der Waals surface area contributed by atoms with E-state index in [0.717, 1.165) is 22.8 Å². The number of nitrogens with one attached hydrogen (secondary N) is 1. The lowest BCUT2D eigenvalue weighted by Gasteiger charge is -2.29. The Kier molecular flexibility index (Phi) is 4.54. The van der Waals surface area contributed by atoms with Crippen molar-refractivity contribution >= 4 is 23.0 Å².